The normalized spacial score (nSPS) is 21.0. The van der Waals surface area contributed by atoms with E-state index in [0.717, 1.165) is 39.0 Å². The molecular weight excluding hydrogens is 250 g/mol. The molecule has 0 radical (unpaired) electrons. The maximum Gasteiger partial charge on any atom is 0.0593 e. The second-order valence-corrected chi connectivity index (χ2v) is 5.71. The molecule has 114 valence electrons. The van der Waals surface area contributed by atoms with Crippen LogP contribution in [0, 0.1) is 0 Å². The average Bonchev–Trinajstić information content (AvgIpc) is 2.93. The molecule has 0 bridgehead atoms. The third kappa shape index (κ3) is 4.32. The summed E-state index contributed by atoms with van der Waals surface area (Å²) in [4.78, 5) is 0. The van der Waals surface area contributed by atoms with Crippen LogP contribution in [0.5, 0.6) is 0 Å². The summed E-state index contributed by atoms with van der Waals surface area (Å²) in [6.45, 7) is 7.39. The summed E-state index contributed by atoms with van der Waals surface area (Å²) in [6.07, 6.45) is 9.40. The lowest BCUT2D eigenvalue weighted by Gasteiger charge is -2.28. The van der Waals surface area contributed by atoms with Gasteiger partial charge in [-0.1, -0.05) is 13.8 Å². The van der Waals surface area contributed by atoms with Gasteiger partial charge in [0, 0.05) is 19.3 Å². The molecule has 2 unspecified atom stereocenters. The molecule has 1 N–H and O–H groups in total. The second-order valence-electron chi connectivity index (χ2n) is 5.71. The van der Waals surface area contributed by atoms with E-state index in [9.17, 15) is 0 Å². The van der Waals surface area contributed by atoms with Crippen LogP contribution in [-0.2, 0) is 11.3 Å². The van der Waals surface area contributed by atoms with E-state index in [1.165, 1.54) is 25.0 Å². The fraction of sp³-hybridized carbons (Fsp3) is 0.812. The van der Waals surface area contributed by atoms with Crippen LogP contribution in [-0.4, -0.2) is 29.0 Å². The Morgan fingerprint density at radius 2 is 2.30 bits per heavy atom. The summed E-state index contributed by atoms with van der Waals surface area (Å²) in [7, 11) is 0. The van der Waals surface area contributed by atoms with E-state index in [1.807, 2.05) is 6.20 Å². The first-order valence-corrected chi connectivity index (χ1v) is 8.21. The lowest BCUT2D eigenvalue weighted by molar-refractivity contribution is 0.00452. The highest BCUT2D eigenvalue weighted by atomic mass is 16.5. The third-order valence-corrected chi connectivity index (χ3v) is 3.96. The van der Waals surface area contributed by atoms with Crippen LogP contribution < -0.4 is 5.32 Å². The molecule has 0 aliphatic carbocycles. The fourth-order valence-electron chi connectivity index (χ4n) is 2.92. The summed E-state index contributed by atoms with van der Waals surface area (Å²) in [5, 5.41) is 8.14. The summed E-state index contributed by atoms with van der Waals surface area (Å²) < 4.78 is 8.07. The van der Waals surface area contributed by atoms with Gasteiger partial charge in [0.2, 0.25) is 0 Å². The number of aromatic nitrogens is 2. The predicted molar refractivity (Wildman–Crippen MR) is 81.8 cm³/mol. The highest BCUT2D eigenvalue weighted by molar-refractivity contribution is 5.07. The molecule has 2 heterocycles. The molecule has 4 heteroatoms. The number of ether oxygens (including phenoxy) is 1. The molecule has 0 amide bonds. The van der Waals surface area contributed by atoms with Crippen LogP contribution in [0.15, 0.2) is 12.3 Å². The molecule has 1 saturated heterocycles. The van der Waals surface area contributed by atoms with E-state index in [-0.39, 0.29) is 0 Å². The topological polar surface area (TPSA) is 39.1 Å². The average molecular weight is 279 g/mol. The van der Waals surface area contributed by atoms with Crippen LogP contribution in [0.3, 0.4) is 0 Å². The Balaban J connectivity index is 2.02. The standard InChI is InChI=1S/C16H29N3O/c1-3-9-17-15(13-14-7-5-6-12-20-14)16-8-10-18-19(16)11-4-2/h8,10,14-15,17H,3-7,9,11-13H2,1-2H3. The Morgan fingerprint density at radius 3 is 3.00 bits per heavy atom. The number of aryl methyl sites for hydroxylation is 1. The van der Waals surface area contributed by atoms with E-state index in [2.05, 4.69) is 35.0 Å². The van der Waals surface area contributed by atoms with E-state index < -0.39 is 0 Å². The van der Waals surface area contributed by atoms with Crippen molar-refractivity contribution in [2.24, 2.45) is 0 Å². The van der Waals surface area contributed by atoms with Gasteiger partial charge in [0.1, 0.15) is 0 Å². The zero-order valence-electron chi connectivity index (χ0n) is 13.0. The summed E-state index contributed by atoms with van der Waals surface area (Å²) in [5.41, 5.74) is 1.31. The monoisotopic (exact) mass is 279 g/mol. The quantitative estimate of drug-likeness (QED) is 0.793. The first-order chi connectivity index (χ1) is 9.85. The van der Waals surface area contributed by atoms with Crippen molar-refractivity contribution in [1.82, 2.24) is 15.1 Å². The maximum absolute atomic E-state index is 5.92. The van der Waals surface area contributed by atoms with E-state index >= 15 is 0 Å². The van der Waals surface area contributed by atoms with Crippen molar-refractivity contribution < 1.29 is 4.74 Å². The van der Waals surface area contributed by atoms with Crippen molar-refractivity contribution in [3.63, 3.8) is 0 Å². The smallest absolute Gasteiger partial charge is 0.0593 e. The summed E-state index contributed by atoms with van der Waals surface area (Å²) in [5.74, 6) is 0. The minimum absolute atomic E-state index is 0.368. The number of hydrogen-bond acceptors (Lipinski definition) is 3. The van der Waals surface area contributed by atoms with Crippen molar-refractivity contribution in [2.45, 2.75) is 71.1 Å². The molecule has 4 nitrogen and oxygen atoms in total. The zero-order valence-corrected chi connectivity index (χ0v) is 13.0. The second kappa shape index (κ2) is 8.42. The van der Waals surface area contributed by atoms with Gasteiger partial charge < -0.3 is 10.1 Å². The number of nitrogens with zero attached hydrogens (tertiary/aromatic N) is 2. The Kier molecular flexibility index (Phi) is 6.54. The molecule has 2 rings (SSSR count). The lowest BCUT2D eigenvalue weighted by atomic mass is 9.99. The Hall–Kier alpha value is -0.870. The zero-order chi connectivity index (χ0) is 14.2. The molecule has 1 aliphatic heterocycles. The lowest BCUT2D eigenvalue weighted by Crippen LogP contribution is -2.31. The molecule has 0 aromatic carbocycles. The first kappa shape index (κ1) is 15.5. The van der Waals surface area contributed by atoms with Crippen LogP contribution in [0.25, 0.3) is 0 Å². The molecule has 0 spiro atoms. The van der Waals surface area contributed by atoms with Crippen molar-refractivity contribution in [2.75, 3.05) is 13.2 Å². The van der Waals surface area contributed by atoms with Crippen molar-refractivity contribution in [3.8, 4) is 0 Å². The maximum atomic E-state index is 5.92. The van der Waals surface area contributed by atoms with Gasteiger partial charge >= 0.3 is 0 Å². The Bertz CT molecular complexity index is 372. The third-order valence-electron chi connectivity index (χ3n) is 3.96. The largest absolute Gasteiger partial charge is 0.378 e. The molecular formula is C16H29N3O. The van der Waals surface area contributed by atoms with Crippen LogP contribution in [0.4, 0.5) is 0 Å². The van der Waals surface area contributed by atoms with E-state index in [1.54, 1.807) is 0 Å². The molecule has 1 aromatic rings. The molecule has 1 fully saturated rings. The van der Waals surface area contributed by atoms with Crippen LogP contribution in [0.1, 0.15) is 64.1 Å². The molecule has 2 atom stereocenters. The minimum atomic E-state index is 0.368. The van der Waals surface area contributed by atoms with Crippen molar-refractivity contribution in [3.05, 3.63) is 18.0 Å². The van der Waals surface area contributed by atoms with Gasteiger partial charge in [-0.15, -0.1) is 0 Å². The first-order valence-electron chi connectivity index (χ1n) is 8.21. The van der Waals surface area contributed by atoms with Crippen LogP contribution in [0.2, 0.25) is 0 Å². The van der Waals surface area contributed by atoms with Crippen molar-refractivity contribution >= 4 is 0 Å². The number of nitrogens with one attached hydrogen (secondary N) is 1. The summed E-state index contributed by atoms with van der Waals surface area (Å²) >= 11 is 0. The van der Waals surface area contributed by atoms with Gasteiger partial charge in [0.25, 0.3) is 0 Å². The van der Waals surface area contributed by atoms with E-state index in [4.69, 9.17) is 4.74 Å². The van der Waals surface area contributed by atoms with Gasteiger partial charge in [-0.25, -0.2) is 0 Å². The molecule has 20 heavy (non-hydrogen) atoms. The van der Waals surface area contributed by atoms with Gasteiger partial charge in [0.15, 0.2) is 0 Å². The van der Waals surface area contributed by atoms with Gasteiger partial charge in [0.05, 0.1) is 17.8 Å². The van der Waals surface area contributed by atoms with Gasteiger partial charge in [-0.05, 0) is 51.1 Å². The summed E-state index contributed by atoms with van der Waals surface area (Å²) in [6, 6.07) is 2.53. The fourth-order valence-corrected chi connectivity index (χ4v) is 2.92. The van der Waals surface area contributed by atoms with Gasteiger partial charge in [-0.2, -0.15) is 5.10 Å². The highest BCUT2D eigenvalue weighted by Gasteiger charge is 2.22. The molecule has 1 aromatic heterocycles. The van der Waals surface area contributed by atoms with E-state index in [0.29, 0.717) is 12.1 Å². The molecule has 0 saturated carbocycles. The number of hydrogen-bond donors (Lipinski definition) is 1. The van der Waals surface area contributed by atoms with Crippen LogP contribution >= 0.6 is 0 Å². The predicted octanol–water partition coefficient (Wildman–Crippen LogP) is 3.29. The Labute approximate surface area is 122 Å². The Morgan fingerprint density at radius 1 is 1.40 bits per heavy atom. The minimum Gasteiger partial charge on any atom is -0.378 e. The van der Waals surface area contributed by atoms with Gasteiger partial charge in [-0.3, -0.25) is 4.68 Å². The van der Waals surface area contributed by atoms with Crippen molar-refractivity contribution in [1.29, 1.82) is 0 Å². The molecule has 1 aliphatic rings. The highest BCUT2D eigenvalue weighted by Crippen LogP contribution is 2.25. The number of rotatable bonds is 8. The SMILES string of the molecule is CCCNC(CC1CCCCO1)c1ccnn1CCC.